The molecule has 1 heterocycles. The largest absolute Gasteiger partial charge is 0.351 e. The van der Waals surface area contributed by atoms with E-state index in [1.807, 2.05) is 0 Å². The molecule has 8 heteroatoms. The molecule has 2 aromatic rings. The van der Waals surface area contributed by atoms with Gasteiger partial charge in [0.2, 0.25) is 5.91 Å². The smallest absolute Gasteiger partial charge is 0.343 e. The number of nitrogens with one attached hydrogen (secondary N) is 2. The fourth-order valence-corrected chi connectivity index (χ4v) is 3.65. The van der Waals surface area contributed by atoms with E-state index >= 15 is 4.39 Å². The summed E-state index contributed by atoms with van der Waals surface area (Å²) < 4.78 is 16.6. The predicted molar refractivity (Wildman–Crippen MR) is 107 cm³/mol. The number of hydrogen-bond acceptors (Lipinski definition) is 3. The Labute approximate surface area is 168 Å². The molecule has 0 atom stereocenters. The maximum absolute atomic E-state index is 15.1. The van der Waals surface area contributed by atoms with Crippen LogP contribution in [0.3, 0.4) is 0 Å². The lowest BCUT2D eigenvalue weighted by Gasteiger charge is -2.20. The number of amides is 1. The highest BCUT2D eigenvalue weighted by Gasteiger charge is 2.24. The summed E-state index contributed by atoms with van der Waals surface area (Å²) in [6, 6.07) is 3.11. The second-order valence-corrected chi connectivity index (χ2v) is 8.75. The highest BCUT2D eigenvalue weighted by Crippen LogP contribution is 2.31. The van der Waals surface area contributed by atoms with Crippen LogP contribution in [-0.2, 0) is 11.3 Å². The van der Waals surface area contributed by atoms with Gasteiger partial charge in [-0.15, -0.1) is 5.10 Å². The van der Waals surface area contributed by atoms with Gasteiger partial charge in [-0.05, 0) is 18.9 Å². The van der Waals surface area contributed by atoms with Crippen LogP contribution >= 0.6 is 11.6 Å². The van der Waals surface area contributed by atoms with Crippen molar-refractivity contribution in [3.05, 3.63) is 39.0 Å². The van der Waals surface area contributed by atoms with Crippen LogP contribution in [0.1, 0.15) is 64.5 Å². The Kier molecular flexibility index (Phi) is 5.93. The lowest BCUT2D eigenvalue weighted by Crippen LogP contribution is -2.34. The zero-order valence-electron chi connectivity index (χ0n) is 16.4. The van der Waals surface area contributed by atoms with Crippen molar-refractivity contribution in [2.75, 3.05) is 0 Å². The third-order valence-electron chi connectivity index (χ3n) is 5.09. The van der Waals surface area contributed by atoms with E-state index in [4.69, 9.17) is 11.6 Å². The minimum atomic E-state index is -0.591. The van der Waals surface area contributed by atoms with Crippen molar-refractivity contribution in [1.82, 2.24) is 20.1 Å². The van der Waals surface area contributed by atoms with Crippen LogP contribution in [0.25, 0.3) is 11.4 Å². The monoisotopic (exact) mass is 408 g/mol. The zero-order valence-corrected chi connectivity index (χ0v) is 17.2. The Bertz CT molecular complexity index is 923. The summed E-state index contributed by atoms with van der Waals surface area (Å²) in [6.07, 6.45) is 5.04. The van der Waals surface area contributed by atoms with Crippen LogP contribution in [0.15, 0.2) is 16.9 Å². The molecule has 1 saturated carbocycles. The molecule has 0 aliphatic heterocycles. The Balaban J connectivity index is 1.90. The Morgan fingerprint density at radius 2 is 2.00 bits per heavy atom. The minimum Gasteiger partial charge on any atom is -0.351 e. The molecule has 1 fully saturated rings. The summed E-state index contributed by atoms with van der Waals surface area (Å²) in [5.41, 5.74) is -0.597. The zero-order chi connectivity index (χ0) is 20.5. The van der Waals surface area contributed by atoms with Gasteiger partial charge in [-0.1, -0.05) is 57.7 Å². The van der Waals surface area contributed by atoms with E-state index in [2.05, 4.69) is 15.4 Å². The highest BCUT2D eigenvalue weighted by molar-refractivity contribution is 6.33. The number of H-pyrrole nitrogens is 1. The fourth-order valence-electron chi connectivity index (χ4n) is 3.41. The number of carbonyl (C=O) groups is 1. The molecule has 28 heavy (non-hydrogen) atoms. The number of nitrogens with zero attached hydrogens (tertiary/aromatic N) is 2. The quantitative estimate of drug-likeness (QED) is 0.795. The molecule has 0 spiro atoms. The lowest BCUT2D eigenvalue weighted by atomic mass is 9.95. The Hall–Kier alpha value is -2.15. The molecule has 0 bridgehead atoms. The topological polar surface area (TPSA) is 79.8 Å². The molecule has 3 rings (SSSR count). The summed E-state index contributed by atoms with van der Waals surface area (Å²) in [5.74, 6) is -0.660. The van der Waals surface area contributed by atoms with Crippen molar-refractivity contribution in [1.29, 1.82) is 0 Å². The SMILES string of the molecule is CC(C)(C)C(=O)NCc1ccc(Cl)c(-c2nn(C3CCCCC3)c(=O)[nH]2)c1F. The van der Waals surface area contributed by atoms with Gasteiger partial charge in [-0.25, -0.2) is 13.9 Å². The van der Waals surface area contributed by atoms with Gasteiger partial charge in [-0.3, -0.25) is 9.78 Å². The normalized spacial score (nSPS) is 15.6. The van der Waals surface area contributed by atoms with Crippen molar-refractivity contribution >= 4 is 17.5 Å². The summed E-state index contributed by atoms with van der Waals surface area (Å²) in [6.45, 7) is 5.39. The first-order valence-corrected chi connectivity index (χ1v) is 10.0. The van der Waals surface area contributed by atoms with Crippen LogP contribution in [0.5, 0.6) is 0 Å². The van der Waals surface area contributed by atoms with E-state index < -0.39 is 11.2 Å². The fraction of sp³-hybridized carbons (Fsp3) is 0.550. The van der Waals surface area contributed by atoms with Gasteiger partial charge in [0.15, 0.2) is 5.82 Å². The number of rotatable bonds is 4. The summed E-state index contributed by atoms with van der Waals surface area (Å²) in [5, 5.41) is 7.22. The maximum Gasteiger partial charge on any atom is 0.343 e. The van der Waals surface area contributed by atoms with Gasteiger partial charge >= 0.3 is 5.69 Å². The molecule has 1 aromatic carbocycles. The van der Waals surface area contributed by atoms with Crippen molar-refractivity contribution in [3.63, 3.8) is 0 Å². The van der Waals surface area contributed by atoms with Crippen LogP contribution in [0.2, 0.25) is 5.02 Å². The first kappa shape index (κ1) is 20.6. The van der Waals surface area contributed by atoms with Gasteiger partial charge < -0.3 is 5.32 Å². The van der Waals surface area contributed by atoms with Crippen LogP contribution in [0.4, 0.5) is 4.39 Å². The number of aromatic amines is 1. The van der Waals surface area contributed by atoms with Crippen LogP contribution < -0.4 is 11.0 Å². The van der Waals surface area contributed by atoms with E-state index in [9.17, 15) is 9.59 Å². The second-order valence-electron chi connectivity index (χ2n) is 8.34. The number of benzene rings is 1. The number of hydrogen-bond donors (Lipinski definition) is 2. The second kappa shape index (κ2) is 8.07. The van der Waals surface area contributed by atoms with Crippen LogP contribution in [-0.4, -0.2) is 20.7 Å². The third kappa shape index (κ3) is 4.29. The summed E-state index contributed by atoms with van der Waals surface area (Å²) >= 11 is 6.22. The van der Waals surface area contributed by atoms with Crippen molar-refractivity contribution in [3.8, 4) is 11.4 Å². The molecule has 1 aliphatic carbocycles. The van der Waals surface area contributed by atoms with Gasteiger partial charge in [-0.2, -0.15) is 0 Å². The van der Waals surface area contributed by atoms with E-state index in [0.29, 0.717) is 0 Å². The minimum absolute atomic E-state index is 0.0275. The molecular weight excluding hydrogens is 383 g/mol. The molecule has 1 aliphatic rings. The molecule has 0 radical (unpaired) electrons. The molecule has 2 N–H and O–H groups in total. The highest BCUT2D eigenvalue weighted by atomic mass is 35.5. The molecule has 1 aromatic heterocycles. The number of halogens is 2. The van der Waals surface area contributed by atoms with E-state index in [0.717, 1.165) is 32.1 Å². The maximum atomic E-state index is 15.1. The predicted octanol–water partition coefficient (Wildman–Crippen LogP) is 4.20. The molecule has 0 saturated heterocycles. The first-order chi connectivity index (χ1) is 13.2. The van der Waals surface area contributed by atoms with Crippen molar-refractivity contribution in [2.45, 2.75) is 65.5 Å². The first-order valence-electron chi connectivity index (χ1n) is 9.63. The lowest BCUT2D eigenvalue weighted by molar-refractivity contribution is -0.128. The van der Waals surface area contributed by atoms with Gasteiger partial charge in [0.1, 0.15) is 5.82 Å². The van der Waals surface area contributed by atoms with Gasteiger partial charge in [0.25, 0.3) is 0 Å². The third-order valence-corrected chi connectivity index (χ3v) is 5.41. The Morgan fingerprint density at radius 3 is 2.64 bits per heavy atom. The summed E-state index contributed by atoms with van der Waals surface area (Å²) in [7, 11) is 0. The van der Waals surface area contributed by atoms with E-state index in [1.54, 1.807) is 26.8 Å². The van der Waals surface area contributed by atoms with E-state index in [1.165, 1.54) is 10.7 Å². The number of aromatic nitrogens is 3. The van der Waals surface area contributed by atoms with Gasteiger partial charge in [0, 0.05) is 17.5 Å². The molecular formula is C20H26ClFN4O2. The molecule has 1 amide bonds. The van der Waals surface area contributed by atoms with Crippen molar-refractivity contribution in [2.24, 2.45) is 5.41 Å². The molecule has 152 valence electrons. The van der Waals surface area contributed by atoms with Crippen molar-refractivity contribution < 1.29 is 9.18 Å². The molecule has 6 nitrogen and oxygen atoms in total. The van der Waals surface area contributed by atoms with Crippen LogP contribution in [0, 0.1) is 11.2 Å². The Morgan fingerprint density at radius 1 is 1.32 bits per heavy atom. The van der Waals surface area contributed by atoms with E-state index in [-0.39, 0.29) is 46.2 Å². The standard InChI is InChI=1S/C20H26ClFN4O2/c1-20(2,3)18(27)23-11-12-9-10-14(21)15(16(12)22)17-24-19(28)26(25-17)13-7-5-4-6-8-13/h9-10,13H,4-8,11H2,1-3H3,(H,23,27)(H,24,25,28). The average molecular weight is 409 g/mol. The van der Waals surface area contributed by atoms with Gasteiger partial charge in [0.05, 0.1) is 16.6 Å². The average Bonchev–Trinajstić information content (AvgIpc) is 3.02. The summed E-state index contributed by atoms with van der Waals surface area (Å²) in [4.78, 5) is 27.1. The number of carbonyl (C=O) groups excluding carboxylic acids is 1. The molecule has 0 unspecified atom stereocenters.